The molecule has 0 bridgehead atoms. The molecule has 4 rings (SSSR count). The molecular weight excluding hydrogens is 550 g/mol. The second-order valence-electron chi connectivity index (χ2n) is 8.83. The van der Waals surface area contributed by atoms with Gasteiger partial charge in [-0.25, -0.2) is 19.5 Å². The molecule has 0 saturated heterocycles. The molecule has 0 unspecified atom stereocenters. The number of fused-ring (bicyclic) bond motifs is 1. The van der Waals surface area contributed by atoms with Crippen LogP contribution in [0.3, 0.4) is 0 Å². The third kappa shape index (κ3) is 5.87. The Bertz CT molecular complexity index is 1500. The standard InChI is InChI=1S/C29H31N3O8S/c1-6-37-25-23(27(33)39-8-3)22(18-11-10-12-19(16-18)32(35)36)24(28(34)40-9-4)26(38-7-2)31(25)29-30-20-14-13-17(5)15-21(20)41-29/h10-16,22H,6-9H2,1-5H3. The molecule has 0 saturated carbocycles. The molecule has 1 aliphatic heterocycles. The van der Waals surface area contributed by atoms with Crippen LogP contribution in [0.1, 0.15) is 44.7 Å². The molecule has 11 nitrogen and oxygen atoms in total. The van der Waals surface area contributed by atoms with Crippen molar-refractivity contribution < 1.29 is 33.5 Å². The minimum atomic E-state index is -1.16. The Morgan fingerprint density at radius 1 is 0.927 bits per heavy atom. The first-order valence-corrected chi connectivity index (χ1v) is 14.1. The van der Waals surface area contributed by atoms with Gasteiger partial charge in [-0.3, -0.25) is 10.1 Å². The van der Waals surface area contributed by atoms with Crippen LogP contribution in [-0.2, 0) is 28.5 Å². The van der Waals surface area contributed by atoms with E-state index in [1.54, 1.807) is 33.8 Å². The van der Waals surface area contributed by atoms with Gasteiger partial charge in [0.25, 0.3) is 5.69 Å². The summed E-state index contributed by atoms with van der Waals surface area (Å²) >= 11 is 1.33. The Labute approximate surface area is 241 Å². The van der Waals surface area contributed by atoms with E-state index in [4.69, 9.17) is 23.9 Å². The fraction of sp³-hybridized carbons (Fsp3) is 0.345. The van der Waals surface area contributed by atoms with Gasteiger partial charge >= 0.3 is 11.9 Å². The SMILES string of the molecule is CCOC(=O)C1=C(OCC)N(c2nc3ccc(C)cc3s2)C(OCC)=C(C(=O)OCC)C1c1cccc([N+](=O)[O-])c1. The topological polar surface area (TPSA) is 130 Å². The number of carbonyl (C=O) groups excluding carboxylic acids is 2. The van der Waals surface area contributed by atoms with E-state index >= 15 is 0 Å². The van der Waals surface area contributed by atoms with Gasteiger partial charge in [0.05, 0.1) is 47.5 Å². The second-order valence-corrected chi connectivity index (χ2v) is 9.84. The highest BCUT2D eigenvalue weighted by atomic mass is 32.1. The van der Waals surface area contributed by atoms with Crippen molar-refractivity contribution in [3.8, 4) is 0 Å². The molecule has 0 spiro atoms. The molecule has 0 radical (unpaired) electrons. The summed E-state index contributed by atoms with van der Waals surface area (Å²) < 4.78 is 24.0. The van der Waals surface area contributed by atoms with E-state index < -0.39 is 22.8 Å². The lowest BCUT2D eigenvalue weighted by Gasteiger charge is -2.36. The summed E-state index contributed by atoms with van der Waals surface area (Å²) in [6, 6.07) is 11.5. The van der Waals surface area contributed by atoms with Gasteiger partial charge in [0.2, 0.25) is 11.8 Å². The van der Waals surface area contributed by atoms with Gasteiger partial charge in [-0.05, 0) is 57.9 Å². The quantitative estimate of drug-likeness (QED) is 0.157. The number of nitro benzene ring substituents is 1. The number of esters is 2. The number of carbonyl (C=O) groups is 2. The smallest absolute Gasteiger partial charge is 0.340 e. The van der Waals surface area contributed by atoms with E-state index in [-0.39, 0.29) is 55.0 Å². The normalized spacial score (nSPS) is 13.9. The van der Waals surface area contributed by atoms with E-state index in [0.29, 0.717) is 16.2 Å². The van der Waals surface area contributed by atoms with Gasteiger partial charge in [-0.15, -0.1) is 0 Å². The molecule has 0 aliphatic carbocycles. The van der Waals surface area contributed by atoms with E-state index in [1.807, 2.05) is 25.1 Å². The molecule has 2 heterocycles. The number of nitro groups is 1. The van der Waals surface area contributed by atoms with Gasteiger partial charge in [-0.2, -0.15) is 0 Å². The van der Waals surface area contributed by atoms with Crippen molar-refractivity contribution in [3.63, 3.8) is 0 Å². The van der Waals surface area contributed by atoms with Crippen molar-refractivity contribution in [2.24, 2.45) is 0 Å². The number of nitrogens with zero attached hydrogens (tertiary/aromatic N) is 3. The number of ether oxygens (including phenoxy) is 4. The first kappa shape index (κ1) is 29.5. The van der Waals surface area contributed by atoms with Crippen LogP contribution in [0, 0.1) is 17.0 Å². The number of aromatic nitrogens is 1. The lowest BCUT2D eigenvalue weighted by atomic mass is 9.82. The zero-order chi connectivity index (χ0) is 29.7. The molecule has 0 N–H and O–H groups in total. The predicted molar refractivity (Wildman–Crippen MR) is 153 cm³/mol. The number of anilines is 1. The lowest BCUT2D eigenvalue weighted by molar-refractivity contribution is -0.384. The van der Waals surface area contributed by atoms with Gasteiger partial charge in [0.1, 0.15) is 11.1 Å². The maximum absolute atomic E-state index is 13.7. The molecule has 0 amide bonds. The Morgan fingerprint density at radius 3 is 2.07 bits per heavy atom. The zero-order valence-electron chi connectivity index (χ0n) is 23.5. The Hall–Kier alpha value is -4.45. The van der Waals surface area contributed by atoms with E-state index in [1.165, 1.54) is 34.4 Å². The van der Waals surface area contributed by atoms with Crippen molar-refractivity contribution in [3.05, 3.63) is 86.6 Å². The van der Waals surface area contributed by atoms with E-state index in [9.17, 15) is 19.7 Å². The second kappa shape index (κ2) is 12.8. The summed E-state index contributed by atoms with van der Waals surface area (Å²) in [5, 5.41) is 12.1. The number of thiazole rings is 1. The van der Waals surface area contributed by atoms with Crippen molar-refractivity contribution >= 4 is 44.3 Å². The van der Waals surface area contributed by atoms with Crippen molar-refractivity contribution in [1.29, 1.82) is 0 Å². The molecular formula is C29H31N3O8S. The van der Waals surface area contributed by atoms with E-state index in [0.717, 1.165) is 10.3 Å². The van der Waals surface area contributed by atoms with Crippen LogP contribution < -0.4 is 4.90 Å². The third-order valence-corrected chi connectivity index (χ3v) is 7.14. The maximum atomic E-state index is 13.7. The van der Waals surface area contributed by atoms with Crippen LogP contribution in [0.4, 0.5) is 10.8 Å². The first-order chi connectivity index (χ1) is 19.7. The van der Waals surface area contributed by atoms with Crippen molar-refractivity contribution in [2.75, 3.05) is 31.3 Å². The molecule has 1 aromatic heterocycles. The number of benzene rings is 2. The van der Waals surface area contributed by atoms with Crippen LogP contribution >= 0.6 is 11.3 Å². The molecule has 0 atom stereocenters. The van der Waals surface area contributed by atoms with Gasteiger partial charge in [0.15, 0.2) is 5.13 Å². The Morgan fingerprint density at radius 2 is 1.54 bits per heavy atom. The van der Waals surface area contributed by atoms with Crippen molar-refractivity contribution in [2.45, 2.75) is 40.5 Å². The zero-order valence-corrected chi connectivity index (χ0v) is 24.3. The first-order valence-electron chi connectivity index (χ1n) is 13.2. The summed E-state index contributed by atoms with van der Waals surface area (Å²) in [5.41, 5.74) is 1.76. The van der Waals surface area contributed by atoms with Gasteiger partial charge in [0, 0.05) is 12.1 Å². The number of aryl methyl sites for hydroxylation is 1. The number of non-ortho nitro benzene ring substituents is 1. The average molecular weight is 582 g/mol. The Kier molecular flexibility index (Phi) is 9.23. The summed E-state index contributed by atoms with van der Waals surface area (Å²) in [5.74, 6) is -2.58. The van der Waals surface area contributed by atoms with Crippen LogP contribution in [-0.4, -0.2) is 48.3 Å². The molecule has 12 heteroatoms. The molecule has 3 aromatic rings. The third-order valence-electron chi connectivity index (χ3n) is 6.14. The van der Waals surface area contributed by atoms with Gasteiger partial charge < -0.3 is 18.9 Å². The minimum absolute atomic E-state index is 0.0314. The average Bonchev–Trinajstić information content (AvgIpc) is 3.36. The molecule has 216 valence electrons. The molecule has 2 aromatic carbocycles. The van der Waals surface area contributed by atoms with Crippen molar-refractivity contribution in [1.82, 2.24) is 4.98 Å². The Balaban J connectivity index is 2.12. The molecule has 41 heavy (non-hydrogen) atoms. The fourth-order valence-corrected chi connectivity index (χ4v) is 5.61. The summed E-state index contributed by atoms with van der Waals surface area (Å²) in [7, 11) is 0. The number of rotatable bonds is 11. The number of hydrogen-bond acceptors (Lipinski definition) is 11. The highest BCUT2D eigenvalue weighted by molar-refractivity contribution is 7.22. The summed E-state index contributed by atoms with van der Waals surface area (Å²) in [6.45, 7) is 9.17. The highest BCUT2D eigenvalue weighted by Gasteiger charge is 2.47. The minimum Gasteiger partial charge on any atom is -0.478 e. The predicted octanol–water partition coefficient (Wildman–Crippen LogP) is 5.74. The van der Waals surface area contributed by atoms with Gasteiger partial charge in [-0.1, -0.05) is 29.5 Å². The molecule has 0 fully saturated rings. The van der Waals surface area contributed by atoms with E-state index in [2.05, 4.69) is 0 Å². The van der Waals surface area contributed by atoms with Crippen LogP contribution in [0.25, 0.3) is 10.2 Å². The number of hydrogen-bond donors (Lipinski definition) is 0. The summed E-state index contributed by atoms with van der Waals surface area (Å²) in [6.07, 6.45) is 0. The monoisotopic (exact) mass is 581 g/mol. The summed E-state index contributed by atoms with van der Waals surface area (Å²) in [4.78, 5) is 44.9. The fourth-order valence-electron chi connectivity index (χ4n) is 4.55. The van der Waals surface area contributed by atoms with Crippen LogP contribution in [0.15, 0.2) is 65.4 Å². The lowest BCUT2D eigenvalue weighted by Crippen LogP contribution is -2.39. The largest absolute Gasteiger partial charge is 0.478 e. The van der Waals surface area contributed by atoms with Crippen LogP contribution in [0.5, 0.6) is 0 Å². The van der Waals surface area contributed by atoms with Crippen LogP contribution in [0.2, 0.25) is 0 Å². The molecule has 1 aliphatic rings. The highest BCUT2D eigenvalue weighted by Crippen LogP contribution is 2.47. The maximum Gasteiger partial charge on any atom is 0.340 e.